The first-order valence-electron chi connectivity index (χ1n) is 7.28. The summed E-state index contributed by atoms with van der Waals surface area (Å²) in [6.07, 6.45) is 2.67. The van der Waals surface area contributed by atoms with Crippen molar-refractivity contribution in [1.82, 2.24) is 15.2 Å². The molecule has 8 heteroatoms. The van der Waals surface area contributed by atoms with Gasteiger partial charge >= 0.3 is 12.1 Å². The fraction of sp³-hybridized carbons (Fsp3) is 0.643. The molecule has 0 atom stereocenters. The number of rotatable bonds is 2. The van der Waals surface area contributed by atoms with E-state index >= 15 is 0 Å². The number of urea groups is 1. The van der Waals surface area contributed by atoms with Crippen LogP contribution in [0.15, 0.2) is 11.6 Å². The minimum Gasteiger partial charge on any atom is -0.444 e. The van der Waals surface area contributed by atoms with Gasteiger partial charge in [-0.3, -0.25) is 5.32 Å². The molecule has 122 valence electrons. The maximum Gasteiger partial charge on any atom is 0.407 e. The van der Waals surface area contributed by atoms with Gasteiger partial charge in [-0.25, -0.2) is 14.6 Å². The van der Waals surface area contributed by atoms with Gasteiger partial charge in [0.15, 0.2) is 5.13 Å². The highest BCUT2D eigenvalue weighted by Crippen LogP contribution is 2.15. The van der Waals surface area contributed by atoms with E-state index in [9.17, 15) is 9.59 Å². The van der Waals surface area contributed by atoms with Crippen LogP contribution in [0, 0.1) is 0 Å². The van der Waals surface area contributed by atoms with Crippen LogP contribution in [0.25, 0.3) is 0 Å². The molecule has 0 aromatic carbocycles. The average molecular weight is 326 g/mol. The largest absolute Gasteiger partial charge is 0.444 e. The Balaban J connectivity index is 1.73. The normalized spacial score (nSPS) is 16.2. The lowest BCUT2D eigenvalue weighted by atomic mass is 10.1. The number of hydrogen-bond acceptors (Lipinski definition) is 5. The highest BCUT2D eigenvalue weighted by atomic mass is 32.1. The van der Waals surface area contributed by atoms with Crippen LogP contribution in [-0.2, 0) is 4.74 Å². The number of carbonyl (C=O) groups excluding carboxylic acids is 2. The Bertz CT molecular complexity index is 505. The molecule has 1 aromatic rings. The highest BCUT2D eigenvalue weighted by molar-refractivity contribution is 7.13. The van der Waals surface area contributed by atoms with Gasteiger partial charge in [0.25, 0.3) is 0 Å². The smallest absolute Gasteiger partial charge is 0.407 e. The van der Waals surface area contributed by atoms with Crippen LogP contribution in [0.4, 0.5) is 14.7 Å². The fourth-order valence-electron chi connectivity index (χ4n) is 2.16. The molecule has 2 N–H and O–H groups in total. The van der Waals surface area contributed by atoms with Gasteiger partial charge in [-0.2, -0.15) is 0 Å². The second kappa shape index (κ2) is 6.95. The van der Waals surface area contributed by atoms with Crippen LogP contribution < -0.4 is 10.6 Å². The molecule has 0 unspecified atom stereocenters. The van der Waals surface area contributed by atoms with Crippen molar-refractivity contribution in [3.8, 4) is 0 Å². The number of anilines is 1. The van der Waals surface area contributed by atoms with E-state index in [-0.39, 0.29) is 12.1 Å². The van der Waals surface area contributed by atoms with Crippen LogP contribution in [-0.4, -0.2) is 46.7 Å². The molecular formula is C14H22N4O3S. The number of ether oxygens (including phenoxy) is 1. The van der Waals surface area contributed by atoms with Crippen LogP contribution in [0.2, 0.25) is 0 Å². The van der Waals surface area contributed by atoms with Gasteiger partial charge < -0.3 is 15.0 Å². The predicted octanol–water partition coefficient (Wildman–Crippen LogP) is 2.66. The van der Waals surface area contributed by atoms with Gasteiger partial charge in [0.05, 0.1) is 0 Å². The fourth-order valence-corrected chi connectivity index (χ4v) is 2.68. The predicted molar refractivity (Wildman–Crippen MR) is 85.1 cm³/mol. The molecule has 1 saturated heterocycles. The molecule has 0 saturated carbocycles. The summed E-state index contributed by atoms with van der Waals surface area (Å²) < 4.78 is 5.24. The summed E-state index contributed by atoms with van der Waals surface area (Å²) in [5.41, 5.74) is -0.502. The summed E-state index contributed by atoms with van der Waals surface area (Å²) in [6.45, 7) is 6.68. The standard InChI is InChI=1S/C14H22N4O3S/c1-14(2,3)21-13(20)16-10-4-7-18(8-5-10)12(19)17-11-15-6-9-22-11/h6,9-10H,4-5,7-8H2,1-3H3,(H,16,20)(H,15,17,19). The Morgan fingerprint density at radius 1 is 1.36 bits per heavy atom. The van der Waals surface area contributed by atoms with Gasteiger partial charge in [0, 0.05) is 30.7 Å². The number of hydrogen-bond donors (Lipinski definition) is 2. The molecule has 1 aliphatic heterocycles. The summed E-state index contributed by atoms with van der Waals surface area (Å²) in [4.78, 5) is 29.5. The molecule has 0 bridgehead atoms. The van der Waals surface area contributed by atoms with Crippen molar-refractivity contribution >= 4 is 28.6 Å². The van der Waals surface area contributed by atoms with Gasteiger partial charge in [-0.15, -0.1) is 11.3 Å². The van der Waals surface area contributed by atoms with E-state index in [1.54, 1.807) is 11.1 Å². The van der Waals surface area contributed by atoms with Crippen LogP contribution >= 0.6 is 11.3 Å². The molecule has 22 heavy (non-hydrogen) atoms. The molecule has 7 nitrogen and oxygen atoms in total. The molecule has 0 radical (unpaired) electrons. The summed E-state index contributed by atoms with van der Waals surface area (Å²) in [5.74, 6) is 0. The number of likely N-dealkylation sites (tertiary alicyclic amines) is 1. The number of aromatic nitrogens is 1. The molecule has 2 rings (SSSR count). The van der Waals surface area contributed by atoms with E-state index in [0.29, 0.717) is 31.1 Å². The molecule has 2 heterocycles. The average Bonchev–Trinajstić information content (AvgIpc) is 2.90. The van der Waals surface area contributed by atoms with Crippen LogP contribution in [0.3, 0.4) is 0 Å². The van der Waals surface area contributed by atoms with Crippen molar-refractivity contribution in [3.05, 3.63) is 11.6 Å². The maximum absolute atomic E-state index is 12.1. The molecule has 3 amide bonds. The topological polar surface area (TPSA) is 83.6 Å². The van der Waals surface area contributed by atoms with E-state index in [1.807, 2.05) is 26.2 Å². The van der Waals surface area contributed by atoms with Crippen molar-refractivity contribution < 1.29 is 14.3 Å². The van der Waals surface area contributed by atoms with Crippen molar-refractivity contribution in [1.29, 1.82) is 0 Å². The maximum atomic E-state index is 12.1. The first kappa shape index (κ1) is 16.5. The zero-order valence-corrected chi connectivity index (χ0v) is 13.9. The first-order valence-corrected chi connectivity index (χ1v) is 8.16. The Hall–Kier alpha value is -1.83. The van der Waals surface area contributed by atoms with Gasteiger partial charge in [0.1, 0.15) is 5.60 Å². The summed E-state index contributed by atoms with van der Waals surface area (Å²) >= 11 is 1.39. The third-order valence-corrected chi connectivity index (χ3v) is 3.84. The Morgan fingerprint density at radius 3 is 2.59 bits per heavy atom. The van der Waals surface area contributed by atoms with Crippen molar-refractivity contribution in [2.45, 2.75) is 45.3 Å². The number of piperidine rings is 1. The van der Waals surface area contributed by atoms with E-state index in [4.69, 9.17) is 4.74 Å². The third-order valence-electron chi connectivity index (χ3n) is 3.15. The molecule has 1 aliphatic rings. The minimum absolute atomic E-state index is 0.0405. The minimum atomic E-state index is -0.502. The van der Waals surface area contributed by atoms with Crippen molar-refractivity contribution in [3.63, 3.8) is 0 Å². The summed E-state index contributed by atoms with van der Waals surface area (Å²) in [5, 5.41) is 8.02. The Morgan fingerprint density at radius 2 is 2.05 bits per heavy atom. The molecule has 1 aromatic heterocycles. The lowest BCUT2D eigenvalue weighted by Crippen LogP contribution is -2.48. The lowest BCUT2D eigenvalue weighted by Gasteiger charge is -2.32. The van der Waals surface area contributed by atoms with Crippen LogP contribution in [0.1, 0.15) is 33.6 Å². The summed E-state index contributed by atoms with van der Waals surface area (Å²) in [6, 6.07) is -0.107. The Labute approximate surface area is 134 Å². The molecular weight excluding hydrogens is 304 g/mol. The number of nitrogens with one attached hydrogen (secondary N) is 2. The van der Waals surface area contributed by atoms with Gasteiger partial charge in [-0.05, 0) is 33.6 Å². The highest BCUT2D eigenvalue weighted by Gasteiger charge is 2.25. The zero-order valence-electron chi connectivity index (χ0n) is 13.1. The second-order valence-electron chi connectivity index (χ2n) is 6.17. The molecule has 0 spiro atoms. The first-order chi connectivity index (χ1) is 10.3. The molecule has 1 fully saturated rings. The van der Waals surface area contributed by atoms with Gasteiger partial charge in [0.2, 0.25) is 0 Å². The lowest BCUT2D eigenvalue weighted by molar-refractivity contribution is 0.0486. The quantitative estimate of drug-likeness (QED) is 0.875. The van der Waals surface area contributed by atoms with Crippen molar-refractivity contribution in [2.75, 3.05) is 18.4 Å². The number of amides is 3. The SMILES string of the molecule is CC(C)(C)OC(=O)NC1CCN(C(=O)Nc2nccs2)CC1. The molecule has 0 aliphatic carbocycles. The zero-order chi connectivity index (χ0) is 16.2. The van der Waals surface area contributed by atoms with Crippen LogP contribution in [0.5, 0.6) is 0 Å². The van der Waals surface area contributed by atoms with Crippen molar-refractivity contribution in [2.24, 2.45) is 0 Å². The van der Waals surface area contributed by atoms with E-state index in [1.165, 1.54) is 11.3 Å². The third kappa shape index (κ3) is 5.18. The Kier molecular flexibility index (Phi) is 5.23. The van der Waals surface area contributed by atoms with E-state index < -0.39 is 11.7 Å². The monoisotopic (exact) mass is 326 g/mol. The number of carbonyl (C=O) groups is 2. The van der Waals surface area contributed by atoms with E-state index in [0.717, 1.165) is 0 Å². The number of nitrogens with zero attached hydrogens (tertiary/aromatic N) is 2. The van der Waals surface area contributed by atoms with E-state index in [2.05, 4.69) is 15.6 Å². The second-order valence-corrected chi connectivity index (χ2v) is 7.07. The number of alkyl carbamates (subject to hydrolysis) is 1. The summed E-state index contributed by atoms with van der Waals surface area (Å²) in [7, 11) is 0. The van der Waals surface area contributed by atoms with Gasteiger partial charge in [-0.1, -0.05) is 0 Å². The number of thiazole rings is 1.